The van der Waals surface area contributed by atoms with Gasteiger partial charge in [-0.05, 0) is 36.8 Å². The number of hydrogen-bond acceptors (Lipinski definition) is 7. The van der Waals surface area contributed by atoms with Gasteiger partial charge in [0.1, 0.15) is 24.6 Å². The number of ether oxygens (including phenoxy) is 2. The molecule has 168 valence electrons. The summed E-state index contributed by atoms with van der Waals surface area (Å²) in [6.07, 6.45) is 3.27. The van der Waals surface area contributed by atoms with E-state index in [-0.39, 0.29) is 11.7 Å². The van der Waals surface area contributed by atoms with E-state index in [4.69, 9.17) is 9.47 Å². The molecule has 1 aliphatic heterocycles. The average Bonchev–Trinajstić information content (AvgIpc) is 3.31. The van der Waals surface area contributed by atoms with Crippen LogP contribution in [0.2, 0.25) is 0 Å². The van der Waals surface area contributed by atoms with Gasteiger partial charge in [0, 0.05) is 13.1 Å². The Morgan fingerprint density at radius 2 is 1.91 bits per heavy atom. The normalized spacial score (nSPS) is 12.6. The summed E-state index contributed by atoms with van der Waals surface area (Å²) in [6.45, 7) is 4.20. The van der Waals surface area contributed by atoms with E-state index in [1.807, 2.05) is 60.4 Å². The Balaban J connectivity index is 1.28. The fraction of sp³-hybridized carbons (Fsp3) is 0.250. The maximum Gasteiger partial charge on any atom is 0.233 e. The highest BCUT2D eigenvalue weighted by Gasteiger charge is 2.18. The number of nitrogens with zero attached hydrogens (tertiary/aromatic N) is 5. The molecule has 1 aliphatic rings. The lowest BCUT2D eigenvalue weighted by molar-refractivity contribution is -0.128. The van der Waals surface area contributed by atoms with E-state index in [0.717, 1.165) is 38.8 Å². The first-order valence-corrected chi connectivity index (χ1v) is 11.7. The van der Waals surface area contributed by atoms with Gasteiger partial charge in [0.05, 0.1) is 23.0 Å². The first kappa shape index (κ1) is 21.3. The zero-order valence-electron chi connectivity index (χ0n) is 18.2. The van der Waals surface area contributed by atoms with E-state index in [1.54, 1.807) is 10.9 Å². The number of carbonyl (C=O) groups is 1. The van der Waals surface area contributed by atoms with Crippen LogP contribution in [0.4, 0.5) is 0 Å². The Kier molecular flexibility index (Phi) is 6.12. The zero-order chi connectivity index (χ0) is 22.6. The van der Waals surface area contributed by atoms with E-state index in [0.29, 0.717) is 26.3 Å². The zero-order valence-corrected chi connectivity index (χ0v) is 19.0. The molecule has 0 saturated heterocycles. The van der Waals surface area contributed by atoms with Gasteiger partial charge in [0.25, 0.3) is 0 Å². The summed E-state index contributed by atoms with van der Waals surface area (Å²) in [5.41, 5.74) is 2.65. The Hall–Kier alpha value is -3.59. The SMILES string of the molecule is CCN(Cc1ccc2c(c1)OCCO2)C(=O)CSc1ncnc2c1cnn2-c1ccccc1. The molecule has 1 amide bonds. The number of benzene rings is 2. The molecule has 0 saturated carbocycles. The highest BCUT2D eigenvalue weighted by Crippen LogP contribution is 2.31. The van der Waals surface area contributed by atoms with Gasteiger partial charge in [0.2, 0.25) is 5.91 Å². The summed E-state index contributed by atoms with van der Waals surface area (Å²) in [5, 5.41) is 6.05. The second-order valence-corrected chi connectivity index (χ2v) is 8.45. The molecule has 0 spiro atoms. The Labute approximate surface area is 195 Å². The Morgan fingerprint density at radius 3 is 2.73 bits per heavy atom. The summed E-state index contributed by atoms with van der Waals surface area (Å²) >= 11 is 1.40. The van der Waals surface area contributed by atoms with Crippen molar-refractivity contribution in [3.8, 4) is 17.2 Å². The minimum absolute atomic E-state index is 0.0413. The van der Waals surface area contributed by atoms with Gasteiger partial charge in [-0.15, -0.1) is 0 Å². The third kappa shape index (κ3) is 4.49. The Bertz CT molecular complexity index is 1280. The van der Waals surface area contributed by atoms with Gasteiger partial charge in [-0.2, -0.15) is 5.10 Å². The van der Waals surface area contributed by atoms with Crippen LogP contribution >= 0.6 is 11.8 Å². The smallest absolute Gasteiger partial charge is 0.233 e. The molecule has 4 aromatic rings. The lowest BCUT2D eigenvalue weighted by atomic mass is 10.2. The molecular formula is C24H23N5O3S. The molecule has 0 unspecified atom stereocenters. The van der Waals surface area contributed by atoms with Crippen molar-refractivity contribution in [2.45, 2.75) is 18.5 Å². The predicted molar refractivity (Wildman–Crippen MR) is 126 cm³/mol. The minimum Gasteiger partial charge on any atom is -0.486 e. The molecular weight excluding hydrogens is 438 g/mol. The molecule has 0 aliphatic carbocycles. The van der Waals surface area contributed by atoms with Gasteiger partial charge in [-0.25, -0.2) is 14.6 Å². The summed E-state index contributed by atoms with van der Waals surface area (Å²) < 4.78 is 13.0. The van der Waals surface area contributed by atoms with Gasteiger partial charge in [-0.1, -0.05) is 36.0 Å². The van der Waals surface area contributed by atoms with E-state index in [1.165, 1.54) is 18.1 Å². The highest BCUT2D eigenvalue weighted by atomic mass is 32.2. The fourth-order valence-corrected chi connectivity index (χ4v) is 4.56. The summed E-state index contributed by atoms with van der Waals surface area (Å²) in [5.74, 6) is 1.80. The average molecular weight is 462 g/mol. The van der Waals surface area contributed by atoms with Crippen molar-refractivity contribution in [3.63, 3.8) is 0 Å². The van der Waals surface area contributed by atoms with Crippen LogP contribution in [0.15, 0.2) is 66.1 Å². The molecule has 2 aromatic carbocycles. The predicted octanol–water partition coefficient (Wildman–Crippen LogP) is 3.73. The summed E-state index contributed by atoms with van der Waals surface area (Å²) in [7, 11) is 0. The van der Waals surface area contributed by atoms with Crippen molar-refractivity contribution < 1.29 is 14.3 Å². The monoisotopic (exact) mass is 461 g/mol. The van der Waals surface area contributed by atoms with Crippen LogP contribution in [-0.4, -0.2) is 56.1 Å². The number of fused-ring (bicyclic) bond motifs is 2. The molecule has 33 heavy (non-hydrogen) atoms. The van der Waals surface area contributed by atoms with E-state index >= 15 is 0 Å². The van der Waals surface area contributed by atoms with Crippen molar-refractivity contribution in [2.24, 2.45) is 0 Å². The first-order chi connectivity index (χ1) is 16.2. The van der Waals surface area contributed by atoms with Crippen molar-refractivity contribution in [3.05, 3.63) is 66.6 Å². The van der Waals surface area contributed by atoms with Crippen LogP contribution in [0.3, 0.4) is 0 Å². The van der Waals surface area contributed by atoms with E-state index < -0.39 is 0 Å². The van der Waals surface area contributed by atoms with Crippen molar-refractivity contribution in [2.75, 3.05) is 25.5 Å². The van der Waals surface area contributed by atoms with Gasteiger partial charge in [0.15, 0.2) is 17.1 Å². The number of para-hydroxylation sites is 1. The largest absolute Gasteiger partial charge is 0.486 e. The maximum atomic E-state index is 13.0. The molecule has 0 N–H and O–H groups in total. The first-order valence-electron chi connectivity index (χ1n) is 10.8. The van der Waals surface area contributed by atoms with Gasteiger partial charge in [-0.3, -0.25) is 4.79 Å². The highest BCUT2D eigenvalue weighted by molar-refractivity contribution is 8.00. The number of rotatable bonds is 7. The number of carbonyl (C=O) groups excluding carboxylic acids is 1. The number of amides is 1. The molecule has 9 heteroatoms. The molecule has 0 radical (unpaired) electrons. The van der Waals surface area contributed by atoms with Crippen LogP contribution < -0.4 is 9.47 Å². The molecule has 5 rings (SSSR count). The molecule has 0 bridgehead atoms. The standard InChI is InChI=1S/C24H23N5O3S/c1-2-28(14-17-8-9-20-21(12-17)32-11-10-31-20)22(30)15-33-24-19-13-27-29(23(19)25-16-26-24)18-6-4-3-5-7-18/h3-9,12-13,16H,2,10-11,14-15H2,1H3. The van der Waals surface area contributed by atoms with Crippen LogP contribution in [0, 0.1) is 0 Å². The summed E-state index contributed by atoms with van der Waals surface area (Å²) in [6, 6.07) is 15.6. The van der Waals surface area contributed by atoms with Crippen molar-refractivity contribution in [1.82, 2.24) is 24.6 Å². The lowest BCUT2D eigenvalue weighted by Crippen LogP contribution is -2.31. The number of hydrogen-bond donors (Lipinski definition) is 0. The molecule has 3 heterocycles. The second-order valence-electron chi connectivity index (χ2n) is 7.48. The third-order valence-corrected chi connectivity index (χ3v) is 6.37. The Morgan fingerprint density at radius 1 is 1.09 bits per heavy atom. The van der Waals surface area contributed by atoms with Crippen LogP contribution in [0.25, 0.3) is 16.7 Å². The van der Waals surface area contributed by atoms with Crippen LogP contribution in [0.5, 0.6) is 11.5 Å². The van der Waals surface area contributed by atoms with Gasteiger partial charge < -0.3 is 14.4 Å². The lowest BCUT2D eigenvalue weighted by Gasteiger charge is -2.23. The van der Waals surface area contributed by atoms with E-state index in [9.17, 15) is 4.79 Å². The quantitative estimate of drug-likeness (QED) is 0.306. The minimum atomic E-state index is 0.0413. The molecule has 8 nitrogen and oxygen atoms in total. The van der Waals surface area contributed by atoms with Crippen molar-refractivity contribution >= 4 is 28.7 Å². The van der Waals surface area contributed by atoms with E-state index in [2.05, 4.69) is 15.1 Å². The topological polar surface area (TPSA) is 82.4 Å². The maximum absolute atomic E-state index is 13.0. The third-order valence-electron chi connectivity index (χ3n) is 5.38. The summed E-state index contributed by atoms with van der Waals surface area (Å²) in [4.78, 5) is 23.6. The molecule has 2 aromatic heterocycles. The molecule has 0 fully saturated rings. The van der Waals surface area contributed by atoms with Crippen LogP contribution in [0.1, 0.15) is 12.5 Å². The second kappa shape index (κ2) is 9.50. The number of aromatic nitrogens is 4. The molecule has 0 atom stereocenters. The van der Waals surface area contributed by atoms with Crippen molar-refractivity contribution in [1.29, 1.82) is 0 Å². The number of thioether (sulfide) groups is 1. The van der Waals surface area contributed by atoms with Gasteiger partial charge >= 0.3 is 0 Å². The fourth-order valence-electron chi connectivity index (χ4n) is 3.70. The van der Waals surface area contributed by atoms with Crippen LogP contribution in [-0.2, 0) is 11.3 Å².